The number of nitrogens with two attached hydrogens (primary N) is 1. The number of carbonyl (C=O) groups excluding carboxylic acids is 1. The van der Waals surface area contributed by atoms with Gasteiger partial charge in [0.2, 0.25) is 0 Å². The predicted molar refractivity (Wildman–Crippen MR) is 34.0 cm³/mol. The first kappa shape index (κ1) is 13.0. The Kier molecular flexibility index (Phi) is 9.68. The van der Waals surface area contributed by atoms with E-state index in [2.05, 4.69) is 4.74 Å². The Hall–Kier alpha value is 0.350. The van der Waals surface area contributed by atoms with Crippen LogP contribution in [0.2, 0.25) is 0 Å². The van der Waals surface area contributed by atoms with Gasteiger partial charge in [0.1, 0.15) is 6.61 Å². The van der Waals surface area contributed by atoms with Crippen LogP contribution in [0.15, 0.2) is 0 Å². The summed E-state index contributed by atoms with van der Waals surface area (Å²) in [6.45, 7) is -0.664. The summed E-state index contributed by atoms with van der Waals surface area (Å²) in [5.41, 5.74) is 4.82. The van der Waals surface area contributed by atoms with E-state index in [9.17, 15) is 4.79 Å². The van der Waals surface area contributed by atoms with Gasteiger partial charge in [-0.2, -0.15) is 0 Å². The van der Waals surface area contributed by atoms with Crippen molar-refractivity contribution in [3.05, 3.63) is 0 Å². The Morgan fingerprint density at radius 3 is 2.40 bits per heavy atom. The summed E-state index contributed by atoms with van der Waals surface area (Å²) in [5.74, 6) is -0.650. The number of aliphatic hydroxyl groups is 2. The van der Waals surface area contributed by atoms with E-state index in [1.165, 1.54) is 0 Å². The van der Waals surface area contributed by atoms with Crippen LogP contribution in [0.1, 0.15) is 0 Å². The molecule has 10 heavy (non-hydrogen) atoms. The van der Waals surface area contributed by atoms with E-state index in [0.717, 1.165) is 0 Å². The van der Waals surface area contributed by atoms with Gasteiger partial charge in [-0.25, -0.2) is 0 Å². The summed E-state index contributed by atoms with van der Waals surface area (Å²) in [4.78, 5) is 10.1. The first-order valence-corrected chi connectivity index (χ1v) is 2.38. The van der Waals surface area contributed by atoms with Crippen molar-refractivity contribution < 1.29 is 19.7 Å². The molecule has 0 unspecified atom stereocenters. The van der Waals surface area contributed by atoms with Gasteiger partial charge in [-0.15, -0.1) is 0 Å². The predicted octanol–water partition coefficient (Wildman–Crippen LogP) is -2.58. The molecule has 0 aromatic carbocycles. The molecule has 0 saturated carbocycles. The van der Waals surface area contributed by atoms with Crippen molar-refractivity contribution in [1.29, 1.82) is 0 Å². The molecular weight excluding hydrogens is 149 g/mol. The summed E-state index contributed by atoms with van der Waals surface area (Å²) >= 11 is 0. The quantitative estimate of drug-likeness (QED) is 0.238. The molecule has 55 valence electrons. The van der Waals surface area contributed by atoms with Gasteiger partial charge in [0.15, 0.2) is 6.29 Å². The fraction of sp³-hybridized carbons (Fsp3) is 0.750. The van der Waals surface area contributed by atoms with Gasteiger partial charge in [-0.05, 0) is 0 Å². The second-order valence-corrected chi connectivity index (χ2v) is 1.37. The Bertz CT molecular complexity index is 97.3. The van der Waals surface area contributed by atoms with Gasteiger partial charge in [-0.3, -0.25) is 4.79 Å². The first-order chi connectivity index (χ1) is 4.16. The van der Waals surface area contributed by atoms with Crippen molar-refractivity contribution in [2.45, 2.75) is 6.29 Å². The summed E-state index contributed by atoms with van der Waals surface area (Å²) in [7, 11) is 0. The Morgan fingerprint density at radius 1 is 1.60 bits per heavy atom. The minimum absolute atomic E-state index is 0. The Balaban J connectivity index is 0. The number of carbonyl (C=O) groups is 1. The summed E-state index contributed by atoms with van der Waals surface area (Å²) in [5, 5.41) is 16.3. The summed E-state index contributed by atoms with van der Waals surface area (Å²) in [6, 6.07) is 0. The molecule has 0 rings (SSSR count). The van der Waals surface area contributed by atoms with Gasteiger partial charge in [0.05, 0.1) is 6.54 Å². The standard InChI is InChI=1S/C4H9NO4.Na/c5-1-4(8)9-2-3(6)7;/h3,6-7H,1-2,5H2;. The number of aliphatic hydroxyl groups excluding tert-OH is 1. The van der Waals surface area contributed by atoms with E-state index in [0.29, 0.717) is 0 Å². The van der Waals surface area contributed by atoms with Crippen LogP contribution in [0.25, 0.3) is 0 Å². The van der Waals surface area contributed by atoms with Crippen LogP contribution >= 0.6 is 0 Å². The zero-order valence-corrected chi connectivity index (χ0v) is 7.78. The third-order valence-corrected chi connectivity index (χ3v) is 0.560. The number of hydrogen-bond donors (Lipinski definition) is 3. The summed E-state index contributed by atoms with van der Waals surface area (Å²) < 4.78 is 4.19. The van der Waals surface area contributed by atoms with E-state index >= 15 is 0 Å². The van der Waals surface area contributed by atoms with Crippen molar-refractivity contribution in [2.75, 3.05) is 13.2 Å². The normalized spacial score (nSPS) is 8.80. The minimum Gasteiger partial charge on any atom is -0.459 e. The van der Waals surface area contributed by atoms with Crippen LogP contribution in [0, 0.1) is 0 Å². The Morgan fingerprint density at radius 2 is 2.10 bits per heavy atom. The van der Waals surface area contributed by atoms with Crippen molar-refractivity contribution in [1.82, 2.24) is 0 Å². The van der Waals surface area contributed by atoms with Crippen LogP contribution in [0.4, 0.5) is 0 Å². The maximum atomic E-state index is 10.1. The monoisotopic (exact) mass is 158 g/mol. The van der Waals surface area contributed by atoms with E-state index in [-0.39, 0.29) is 36.1 Å². The van der Waals surface area contributed by atoms with Gasteiger partial charge in [-0.1, -0.05) is 0 Å². The molecule has 0 aliphatic rings. The molecule has 0 aromatic heterocycles. The molecule has 0 heterocycles. The van der Waals surface area contributed by atoms with Crippen molar-refractivity contribution >= 4 is 35.5 Å². The number of rotatable bonds is 3. The van der Waals surface area contributed by atoms with Crippen molar-refractivity contribution in [3.63, 3.8) is 0 Å². The maximum Gasteiger partial charge on any atom is 0.319 e. The van der Waals surface area contributed by atoms with E-state index in [1.807, 2.05) is 0 Å². The van der Waals surface area contributed by atoms with Crippen molar-refractivity contribution in [2.24, 2.45) is 5.73 Å². The first-order valence-electron chi connectivity index (χ1n) is 2.38. The smallest absolute Gasteiger partial charge is 0.319 e. The average molecular weight is 158 g/mol. The number of ether oxygens (including phenoxy) is 1. The molecule has 0 bridgehead atoms. The van der Waals surface area contributed by atoms with Gasteiger partial charge < -0.3 is 20.7 Å². The third-order valence-electron chi connectivity index (χ3n) is 0.560. The molecule has 5 nitrogen and oxygen atoms in total. The molecule has 0 amide bonds. The van der Waals surface area contributed by atoms with Gasteiger partial charge in [0.25, 0.3) is 0 Å². The second kappa shape index (κ2) is 7.46. The molecule has 0 aromatic rings. The van der Waals surface area contributed by atoms with Crippen LogP contribution in [-0.2, 0) is 9.53 Å². The molecule has 4 N–H and O–H groups in total. The van der Waals surface area contributed by atoms with E-state index < -0.39 is 18.9 Å². The third kappa shape index (κ3) is 8.35. The fourth-order valence-electron chi connectivity index (χ4n) is 0.226. The second-order valence-electron chi connectivity index (χ2n) is 1.37. The van der Waals surface area contributed by atoms with Gasteiger partial charge in [0, 0.05) is 29.6 Å². The van der Waals surface area contributed by atoms with E-state index in [4.69, 9.17) is 15.9 Å². The van der Waals surface area contributed by atoms with E-state index in [1.54, 1.807) is 0 Å². The topological polar surface area (TPSA) is 92.8 Å². The molecule has 0 atom stereocenters. The van der Waals surface area contributed by atoms with Crippen LogP contribution < -0.4 is 5.73 Å². The molecule has 0 aliphatic carbocycles. The fourth-order valence-corrected chi connectivity index (χ4v) is 0.226. The van der Waals surface area contributed by atoms with Gasteiger partial charge >= 0.3 is 5.97 Å². The SMILES string of the molecule is NCC(=O)OCC(O)O.[Na]. The maximum absolute atomic E-state index is 10.1. The number of hydrogen-bond acceptors (Lipinski definition) is 5. The minimum atomic E-state index is -1.61. The van der Waals surface area contributed by atoms with Crippen LogP contribution in [0.5, 0.6) is 0 Å². The molecule has 0 aliphatic heterocycles. The van der Waals surface area contributed by atoms with Crippen LogP contribution in [0.3, 0.4) is 0 Å². The zero-order valence-electron chi connectivity index (χ0n) is 5.78. The number of esters is 1. The molecule has 0 fully saturated rings. The molecule has 1 radical (unpaired) electrons. The molecule has 0 saturated heterocycles. The molecular formula is C4H9NNaO4. The zero-order chi connectivity index (χ0) is 7.28. The van der Waals surface area contributed by atoms with Crippen molar-refractivity contribution in [3.8, 4) is 0 Å². The largest absolute Gasteiger partial charge is 0.459 e. The Labute approximate surface area is 80.5 Å². The van der Waals surface area contributed by atoms with Crippen LogP contribution in [-0.4, -0.2) is 65.2 Å². The average Bonchev–Trinajstić information content (AvgIpc) is 1.83. The summed E-state index contributed by atoms with van der Waals surface area (Å²) in [6.07, 6.45) is -1.61. The molecule has 0 spiro atoms. The molecule has 6 heteroatoms.